The van der Waals surface area contributed by atoms with E-state index < -0.39 is 0 Å². The molecule has 42 valence electrons. The first kappa shape index (κ1) is 3.77. The molecular weight excluding hydrogens is 106 g/mol. The van der Waals surface area contributed by atoms with Crippen molar-refractivity contribution in [3.05, 3.63) is 16.2 Å². The van der Waals surface area contributed by atoms with Crippen LogP contribution in [0.15, 0.2) is 4.79 Å². The smallest absolute Gasteiger partial charge is 0.327 e. The molecule has 0 aliphatic carbocycles. The molecule has 0 saturated heterocycles. The first-order valence-corrected chi connectivity index (χ1v) is 2.36. The van der Waals surface area contributed by atoms with Crippen LogP contribution < -0.4 is 11.4 Å². The SMILES string of the molecule is Nc1[nH]c(=O)n2c1C2. The Balaban J connectivity index is 2.89. The first-order chi connectivity index (χ1) is 3.79. The summed E-state index contributed by atoms with van der Waals surface area (Å²) in [5.41, 5.74) is 6.17. The highest BCUT2D eigenvalue weighted by molar-refractivity contribution is 5.41. The Hall–Kier alpha value is -1.19. The number of rotatable bonds is 0. The van der Waals surface area contributed by atoms with Crippen molar-refractivity contribution in [3.8, 4) is 0 Å². The van der Waals surface area contributed by atoms with Crippen LogP contribution in [0.25, 0.3) is 0 Å². The van der Waals surface area contributed by atoms with Crippen LogP contribution in [0.5, 0.6) is 0 Å². The zero-order valence-corrected chi connectivity index (χ0v) is 4.14. The van der Waals surface area contributed by atoms with Crippen molar-refractivity contribution >= 4 is 5.82 Å². The molecule has 0 fully saturated rings. The van der Waals surface area contributed by atoms with Gasteiger partial charge < -0.3 is 5.73 Å². The summed E-state index contributed by atoms with van der Waals surface area (Å²) in [5.74, 6) is 0.523. The number of nitrogens with one attached hydrogen (secondary N) is 1. The molecule has 0 spiro atoms. The largest absolute Gasteiger partial charge is 0.384 e. The van der Waals surface area contributed by atoms with Crippen molar-refractivity contribution in [1.82, 2.24) is 9.55 Å². The van der Waals surface area contributed by atoms with E-state index in [4.69, 9.17) is 5.73 Å². The van der Waals surface area contributed by atoms with Crippen molar-refractivity contribution in [2.24, 2.45) is 0 Å². The molecule has 0 unspecified atom stereocenters. The number of aromatic nitrogens is 2. The van der Waals surface area contributed by atoms with Crippen LogP contribution in [-0.2, 0) is 6.54 Å². The number of fused-ring (bicyclic) bond motifs is 1. The summed E-state index contributed by atoms with van der Waals surface area (Å²) in [6, 6.07) is 0. The van der Waals surface area contributed by atoms with E-state index in [-0.39, 0.29) is 5.69 Å². The van der Waals surface area contributed by atoms with E-state index in [1.165, 1.54) is 0 Å². The van der Waals surface area contributed by atoms with Gasteiger partial charge in [0.2, 0.25) is 0 Å². The van der Waals surface area contributed by atoms with Crippen LogP contribution in [0.4, 0.5) is 5.82 Å². The summed E-state index contributed by atoms with van der Waals surface area (Å²) in [7, 11) is 0. The molecule has 1 aromatic heterocycles. The second-order valence-electron chi connectivity index (χ2n) is 1.88. The number of anilines is 1. The predicted molar refractivity (Wildman–Crippen MR) is 28.6 cm³/mol. The minimum Gasteiger partial charge on any atom is -0.384 e. The van der Waals surface area contributed by atoms with Crippen LogP contribution in [0.3, 0.4) is 0 Å². The fourth-order valence-electron chi connectivity index (χ4n) is 0.794. The Labute approximate surface area is 44.9 Å². The topological polar surface area (TPSA) is 63.8 Å². The van der Waals surface area contributed by atoms with E-state index in [0.29, 0.717) is 5.82 Å². The minimum absolute atomic E-state index is 0.0856. The molecule has 4 nitrogen and oxygen atoms in total. The molecule has 0 saturated carbocycles. The summed E-state index contributed by atoms with van der Waals surface area (Å²) in [6.45, 7) is 0.734. The fraction of sp³-hybridized carbons (Fsp3) is 0.250. The highest BCUT2D eigenvalue weighted by atomic mass is 16.1. The molecule has 0 amide bonds. The Bertz CT molecular complexity index is 282. The molecule has 2 rings (SSSR count). The maximum atomic E-state index is 10.5. The monoisotopic (exact) mass is 111 g/mol. The van der Waals surface area contributed by atoms with Crippen LogP contribution in [0.1, 0.15) is 5.69 Å². The molecule has 8 heavy (non-hydrogen) atoms. The summed E-state index contributed by atoms with van der Waals surface area (Å²) in [6.07, 6.45) is 0. The number of aromatic amines is 1. The average Bonchev–Trinajstić information content (AvgIpc) is 2.35. The lowest BCUT2D eigenvalue weighted by Crippen LogP contribution is -2.07. The molecular formula is C4H5N3O. The van der Waals surface area contributed by atoms with E-state index in [0.717, 1.165) is 12.2 Å². The lowest BCUT2D eigenvalue weighted by Gasteiger charge is -1.76. The van der Waals surface area contributed by atoms with Gasteiger partial charge in [-0.25, -0.2) is 4.79 Å². The summed E-state index contributed by atoms with van der Waals surface area (Å²) in [4.78, 5) is 13.0. The van der Waals surface area contributed by atoms with Crippen molar-refractivity contribution in [2.45, 2.75) is 6.54 Å². The molecule has 1 aromatic rings. The van der Waals surface area contributed by atoms with Crippen LogP contribution in [-0.4, -0.2) is 9.55 Å². The van der Waals surface area contributed by atoms with Gasteiger partial charge in [-0.2, -0.15) is 0 Å². The number of H-pyrrole nitrogens is 1. The van der Waals surface area contributed by atoms with Crippen molar-refractivity contribution < 1.29 is 0 Å². The van der Waals surface area contributed by atoms with Gasteiger partial charge >= 0.3 is 5.69 Å². The van der Waals surface area contributed by atoms with Crippen molar-refractivity contribution in [1.29, 1.82) is 0 Å². The zero-order valence-electron chi connectivity index (χ0n) is 4.14. The summed E-state index contributed by atoms with van der Waals surface area (Å²) >= 11 is 0. The Morgan fingerprint density at radius 3 is 2.62 bits per heavy atom. The number of nitrogens with two attached hydrogens (primary N) is 1. The highest BCUT2D eigenvalue weighted by Crippen LogP contribution is 2.18. The Morgan fingerprint density at radius 2 is 2.50 bits per heavy atom. The van der Waals surface area contributed by atoms with E-state index in [2.05, 4.69) is 4.98 Å². The third kappa shape index (κ3) is 0.247. The molecule has 0 aromatic carbocycles. The number of nitrogens with zero attached hydrogens (tertiary/aromatic N) is 1. The molecule has 0 bridgehead atoms. The third-order valence-corrected chi connectivity index (χ3v) is 1.33. The van der Waals surface area contributed by atoms with Crippen LogP contribution in [0.2, 0.25) is 0 Å². The van der Waals surface area contributed by atoms with Gasteiger partial charge in [0.25, 0.3) is 0 Å². The third-order valence-electron chi connectivity index (χ3n) is 1.33. The normalized spacial score (nSPS) is 13.5. The highest BCUT2D eigenvalue weighted by Gasteiger charge is 2.23. The van der Waals surface area contributed by atoms with E-state index >= 15 is 0 Å². The van der Waals surface area contributed by atoms with Crippen LogP contribution in [0, 0.1) is 0 Å². The molecule has 0 radical (unpaired) electrons. The van der Waals surface area contributed by atoms with Gasteiger partial charge in [0.1, 0.15) is 5.82 Å². The maximum Gasteiger partial charge on any atom is 0.327 e. The number of nitrogen functional groups attached to an aromatic ring is 1. The summed E-state index contributed by atoms with van der Waals surface area (Å²) < 4.78 is 1.59. The van der Waals surface area contributed by atoms with E-state index in [9.17, 15) is 4.79 Å². The molecule has 3 N–H and O–H groups in total. The van der Waals surface area contributed by atoms with Gasteiger partial charge in [-0.05, 0) is 0 Å². The molecule has 1 aliphatic heterocycles. The Morgan fingerprint density at radius 1 is 1.75 bits per heavy atom. The van der Waals surface area contributed by atoms with E-state index in [1.54, 1.807) is 4.57 Å². The zero-order chi connectivity index (χ0) is 5.72. The lowest BCUT2D eigenvalue weighted by atomic mass is 10.6. The Kier molecular flexibility index (Phi) is 0.386. The van der Waals surface area contributed by atoms with Gasteiger partial charge in [0, 0.05) is 0 Å². The second kappa shape index (κ2) is 0.819. The molecule has 2 heterocycles. The van der Waals surface area contributed by atoms with Crippen molar-refractivity contribution in [3.63, 3.8) is 0 Å². The number of hydrogen-bond acceptors (Lipinski definition) is 2. The predicted octanol–water partition coefficient (Wildman–Crippen LogP) is -0.880. The van der Waals surface area contributed by atoms with Gasteiger partial charge in [0.05, 0.1) is 12.2 Å². The molecule has 4 heteroatoms. The molecule has 0 atom stereocenters. The maximum absolute atomic E-state index is 10.5. The summed E-state index contributed by atoms with van der Waals surface area (Å²) in [5, 5.41) is 0. The number of imidazole rings is 1. The number of hydrogen-bond donors (Lipinski definition) is 2. The lowest BCUT2D eigenvalue weighted by molar-refractivity contribution is 0.988. The standard InChI is InChI=1S/C4H5N3O/c5-3-2-1-7(2)4(8)6-3/h1,5H2,(H,6,8). The van der Waals surface area contributed by atoms with E-state index in [1.807, 2.05) is 0 Å². The van der Waals surface area contributed by atoms with Crippen LogP contribution >= 0.6 is 0 Å². The first-order valence-electron chi connectivity index (χ1n) is 2.36. The fourth-order valence-corrected chi connectivity index (χ4v) is 0.794. The van der Waals surface area contributed by atoms with Gasteiger partial charge in [-0.1, -0.05) is 0 Å². The quantitative estimate of drug-likeness (QED) is 0.463. The molecule has 1 aliphatic rings. The van der Waals surface area contributed by atoms with Crippen molar-refractivity contribution in [2.75, 3.05) is 5.73 Å². The minimum atomic E-state index is -0.0856. The average molecular weight is 111 g/mol. The van der Waals surface area contributed by atoms with Gasteiger partial charge in [-0.3, -0.25) is 9.55 Å². The van der Waals surface area contributed by atoms with Gasteiger partial charge in [-0.15, -0.1) is 0 Å². The second-order valence-corrected chi connectivity index (χ2v) is 1.88. The van der Waals surface area contributed by atoms with Gasteiger partial charge in [0.15, 0.2) is 0 Å².